The monoisotopic (exact) mass is 265 g/mol. The van der Waals surface area contributed by atoms with Gasteiger partial charge in [-0.25, -0.2) is 0 Å². The summed E-state index contributed by atoms with van der Waals surface area (Å²) in [5.41, 5.74) is 1.05. The highest BCUT2D eigenvalue weighted by molar-refractivity contribution is 5.55. The summed E-state index contributed by atoms with van der Waals surface area (Å²) in [6.07, 6.45) is 3.81. The highest BCUT2D eigenvalue weighted by Gasteiger charge is 2.23. The summed E-state index contributed by atoms with van der Waals surface area (Å²) < 4.78 is 10.7. The summed E-state index contributed by atoms with van der Waals surface area (Å²) in [7, 11) is 1.62. The maximum absolute atomic E-state index is 8.84. The lowest BCUT2D eigenvalue weighted by atomic mass is 10.1. The van der Waals surface area contributed by atoms with Gasteiger partial charge in [-0.3, -0.25) is 0 Å². The first kappa shape index (κ1) is 14.0. The lowest BCUT2D eigenvalue weighted by Gasteiger charge is -2.20. The van der Waals surface area contributed by atoms with E-state index < -0.39 is 0 Å². The highest BCUT2D eigenvalue weighted by atomic mass is 16.5. The SMILES string of the molecule is COc1ccc(NC2CCCC2C)cc1OCCO. The Bertz CT molecular complexity index is 408. The number of hydrogen-bond donors (Lipinski definition) is 2. The maximum Gasteiger partial charge on any atom is 0.163 e. The van der Waals surface area contributed by atoms with Crippen molar-refractivity contribution in [2.45, 2.75) is 32.2 Å². The van der Waals surface area contributed by atoms with Crippen molar-refractivity contribution in [1.29, 1.82) is 0 Å². The molecule has 1 fully saturated rings. The molecule has 0 radical (unpaired) electrons. The minimum atomic E-state index is 0.000466. The number of ether oxygens (including phenoxy) is 2. The highest BCUT2D eigenvalue weighted by Crippen LogP contribution is 2.33. The smallest absolute Gasteiger partial charge is 0.163 e. The first-order valence-electron chi connectivity index (χ1n) is 6.93. The van der Waals surface area contributed by atoms with E-state index >= 15 is 0 Å². The zero-order valence-corrected chi connectivity index (χ0v) is 11.7. The van der Waals surface area contributed by atoms with Crippen LogP contribution in [-0.2, 0) is 0 Å². The maximum atomic E-state index is 8.84. The Morgan fingerprint density at radius 3 is 2.79 bits per heavy atom. The van der Waals surface area contributed by atoms with Gasteiger partial charge in [0.2, 0.25) is 0 Å². The van der Waals surface area contributed by atoms with Crippen LogP contribution in [0, 0.1) is 5.92 Å². The van der Waals surface area contributed by atoms with Gasteiger partial charge in [-0.1, -0.05) is 13.3 Å². The molecule has 0 aliphatic heterocycles. The van der Waals surface area contributed by atoms with Gasteiger partial charge in [0.25, 0.3) is 0 Å². The van der Waals surface area contributed by atoms with Gasteiger partial charge >= 0.3 is 0 Å². The molecular formula is C15H23NO3. The van der Waals surface area contributed by atoms with Gasteiger partial charge in [0.15, 0.2) is 11.5 Å². The Morgan fingerprint density at radius 1 is 1.32 bits per heavy atom. The molecule has 0 bridgehead atoms. The standard InChI is InChI=1S/C15H23NO3/c1-11-4-3-5-13(11)16-12-6-7-14(18-2)15(10-12)19-9-8-17/h6-7,10-11,13,16-17H,3-5,8-9H2,1-2H3. The van der Waals surface area contributed by atoms with Crippen LogP contribution in [0.5, 0.6) is 11.5 Å². The molecule has 4 nitrogen and oxygen atoms in total. The van der Waals surface area contributed by atoms with E-state index in [9.17, 15) is 0 Å². The largest absolute Gasteiger partial charge is 0.493 e. The van der Waals surface area contributed by atoms with Gasteiger partial charge < -0.3 is 19.9 Å². The molecule has 1 saturated carbocycles. The molecule has 0 aromatic heterocycles. The molecule has 0 spiro atoms. The van der Waals surface area contributed by atoms with Crippen molar-refractivity contribution in [3.05, 3.63) is 18.2 Å². The van der Waals surface area contributed by atoms with E-state index in [0.717, 1.165) is 5.69 Å². The topological polar surface area (TPSA) is 50.7 Å². The molecule has 106 valence electrons. The normalized spacial score (nSPS) is 22.3. The summed E-state index contributed by atoms with van der Waals surface area (Å²) in [6.45, 7) is 2.57. The lowest BCUT2D eigenvalue weighted by molar-refractivity contribution is 0.196. The van der Waals surface area contributed by atoms with Gasteiger partial charge in [0.1, 0.15) is 6.61 Å². The molecule has 2 unspecified atom stereocenters. The van der Waals surface area contributed by atoms with E-state index in [-0.39, 0.29) is 13.2 Å². The number of methoxy groups -OCH3 is 1. The van der Waals surface area contributed by atoms with E-state index in [1.807, 2.05) is 18.2 Å². The molecule has 2 rings (SSSR count). The van der Waals surface area contributed by atoms with Gasteiger partial charge in [-0.2, -0.15) is 0 Å². The number of aliphatic hydroxyl groups is 1. The molecule has 0 heterocycles. The predicted molar refractivity (Wildman–Crippen MR) is 76.0 cm³/mol. The fourth-order valence-electron chi connectivity index (χ4n) is 2.61. The second kappa shape index (κ2) is 6.66. The molecule has 1 aromatic carbocycles. The zero-order valence-electron chi connectivity index (χ0n) is 11.7. The third-order valence-electron chi connectivity index (χ3n) is 3.73. The van der Waals surface area contributed by atoms with Gasteiger partial charge in [-0.05, 0) is 30.9 Å². The molecule has 1 aromatic rings. The minimum absolute atomic E-state index is 0.000466. The van der Waals surface area contributed by atoms with Crippen LogP contribution < -0.4 is 14.8 Å². The van der Waals surface area contributed by atoms with E-state index in [4.69, 9.17) is 14.6 Å². The van der Waals surface area contributed by atoms with Crippen LogP contribution in [-0.4, -0.2) is 31.5 Å². The number of rotatable bonds is 6. The Morgan fingerprint density at radius 2 is 2.16 bits per heavy atom. The van der Waals surface area contributed by atoms with Crippen molar-refractivity contribution in [3.8, 4) is 11.5 Å². The predicted octanol–water partition coefficient (Wildman–Crippen LogP) is 2.67. The Hall–Kier alpha value is -1.42. The lowest BCUT2D eigenvalue weighted by Crippen LogP contribution is -2.21. The average molecular weight is 265 g/mol. The molecule has 1 aliphatic rings. The molecule has 4 heteroatoms. The summed E-state index contributed by atoms with van der Waals surface area (Å²) in [5.74, 6) is 2.08. The fourth-order valence-corrected chi connectivity index (χ4v) is 2.61. The Kier molecular flexibility index (Phi) is 4.91. The molecule has 2 atom stereocenters. The van der Waals surface area contributed by atoms with Crippen molar-refractivity contribution >= 4 is 5.69 Å². The summed E-state index contributed by atoms with van der Waals surface area (Å²) in [6, 6.07) is 6.39. The van der Waals surface area contributed by atoms with Crippen LogP contribution in [0.15, 0.2) is 18.2 Å². The third-order valence-corrected chi connectivity index (χ3v) is 3.73. The van der Waals surface area contributed by atoms with Crippen LogP contribution in [0.2, 0.25) is 0 Å². The van der Waals surface area contributed by atoms with Crippen molar-refractivity contribution in [1.82, 2.24) is 0 Å². The first-order valence-corrected chi connectivity index (χ1v) is 6.93. The van der Waals surface area contributed by atoms with Crippen molar-refractivity contribution in [2.75, 3.05) is 25.6 Å². The molecule has 1 aliphatic carbocycles. The summed E-state index contributed by atoms with van der Waals surface area (Å²) >= 11 is 0. The number of nitrogens with one attached hydrogen (secondary N) is 1. The average Bonchev–Trinajstić information content (AvgIpc) is 2.82. The summed E-state index contributed by atoms with van der Waals surface area (Å²) in [4.78, 5) is 0. The number of aliphatic hydroxyl groups excluding tert-OH is 1. The van der Waals surface area contributed by atoms with Gasteiger partial charge in [0.05, 0.1) is 13.7 Å². The number of anilines is 1. The van der Waals surface area contributed by atoms with Crippen molar-refractivity contribution < 1.29 is 14.6 Å². The quantitative estimate of drug-likeness (QED) is 0.830. The van der Waals surface area contributed by atoms with E-state index in [2.05, 4.69) is 12.2 Å². The fraction of sp³-hybridized carbons (Fsp3) is 0.600. The molecule has 2 N–H and O–H groups in total. The van der Waals surface area contributed by atoms with E-state index in [1.54, 1.807) is 7.11 Å². The second-order valence-electron chi connectivity index (χ2n) is 5.10. The van der Waals surface area contributed by atoms with Crippen LogP contribution >= 0.6 is 0 Å². The minimum Gasteiger partial charge on any atom is -0.493 e. The van der Waals surface area contributed by atoms with Crippen LogP contribution in [0.4, 0.5) is 5.69 Å². The molecule has 0 amide bonds. The van der Waals surface area contributed by atoms with Crippen molar-refractivity contribution in [3.63, 3.8) is 0 Å². The third kappa shape index (κ3) is 3.53. The molecular weight excluding hydrogens is 242 g/mol. The zero-order chi connectivity index (χ0) is 13.7. The van der Waals surface area contributed by atoms with E-state index in [0.29, 0.717) is 23.5 Å². The first-order chi connectivity index (χ1) is 9.24. The molecule has 0 saturated heterocycles. The summed E-state index contributed by atoms with van der Waals surface area (Å²) in [5, 5.41) is 12.4. The second-order valence-corrected chi connectivity index (χ2v) is 5.10. The number of hydrogen-bond acceptors (Lipinski definition) is 4. The Labute approximate surface area is 114 Å². The Balaban J connectivity index is 2.08. The molecule has 19 heavy (non-hydrogen) atoms. The van der Waals surface area contributed by atoms with Crippen LogP contribution in [0.25, 0.3) is 0 Å². The van der Waals surface area contributed by atoms with E-state index in [1.165, 1.54) is 19.3 Å². The number of benzene rings is 1. The van der Waals surface area contributed by atoms with Crippen LogP contribution in [0.1, 0.15) is 26.2 Å². The van der Waals surface area contributed by atoms with Gasteiger partial charge in [0, 0.05) is 17.8 Å². The van der Waals surface area contributed by atoms with Crippen LogP contribution in [0.3, 0.4) is 0 Å². The van der Waals surface area contributed by atoms with Gasteiger partial charge in [-0.15, -0.1) is 0 Å². The van der Waals surface area contributed by atoms with Crippen molar-refractivity contribution in [2.24, 2.45) is 5.92 Å².